The number of carboxylic acids is 1. The predicted molar refractivity (Wildman–Crippen MR) is 61.6 cm³/mol. The number of carbonyl (C=O) groups excluding carboxylic acids is 1. The molecule has 0 saturated carbocycles. The lowest BCUT2D eigenvalue weighted by molar-refractivity contribution is -0.146. The fourth-order valence-electron chi connectivity index (χ4n) is 1.47. The molecule has 1 rings (SSSR count). The van der Waals surface area contributed by atoms with E-state index in [4.69, 9.17) is 16.7 Å². The van der Waals surface area contributed by atoms with Crippen LogP contribution >= 0.6 is 11.6 Å². The number of hydrogen-bond acceptors (Lipinski definition) is 2. The zero-order valence-corrected chi connectivity index (χ0v) is 9.70. The van der Waals surface area contributed by atoms with Gasteiger partial charge >= 0.3 is 5.97 Å². The van der Waals surface area contributed by atoms with Gasteiger partial charge in [0.25, 0.3) is 0 Å². The molecule has 0 heterocycles. The Morgan fingerprint density at radius 1 is 1.31 bits per heavy atom. The van der Waals surface area contributed by atoms with Crippen molar-refractivity contribution in [3.05, 3.63) is 34.9 Å². The van der Waals surface area contributed by atoms with E-state index in [9.17, 15) is 9.59 Å². The van der Waals surface area contributed by atoms with Crippen molar-refractivity contribution in [1.82, 2.24) is 0 Å². The lowest BCUT2D eigenvalue weighted by Crippen LogP contribution is -2.24. The average molecular weight is 241 g/mol. The summed E-state index contributed by atoms with van der Waals surface area (Å²) in [6, 6.07) is 6.83. The Kier molecular flexibility index (Phi) is 4.50. The maximum Gasteiger partial charge on any atom is 0.314 e. The van der Waals surface area contributed by atoms with Crippen molar-refractivity contribution in [2.75, 3.05) is 0 Å². The molecule has 1 N–H and O–H groups in total. The number of ketones is 1. The van der Waals surface area contributed by atoms with Gasteiger partial charge in [0.05, 0.1) is 0 Å². The summed E-state index contributed by atoms with van der Waals surface area (Å²) in [5.74, 6) is -2.23. The van der Waals surface area contributed by atoms with Crippen molar-refractivity contribution in [1.29, 1.82) is 0 Å². The number of hydrogen-bond donors (Lipinski definition) is 1. The first kappa shape index (κ1) is 12.7. The van der Waals surface area contributed by atoms with Crippen LogP contribution in [0.2, 0.25) is 5.02 Å². The van der Waals surface area contributed by atoms with E-state index in [-0.39, 0.29) is 12.2 Å². The summed E-state index contributed by atoms with van der Waals surface area (Å²) in [4.78, 5) is 22.4. The van der Waals surface area contributed by atoms with Gasteiger partial charge in [0.15, 0.2) is 5.78 Å². The molecular weight excluding hydrogens is 228 g/mol. The molecule has 1 atom stereocenters. The highest BCUT2D eigenvalue weighted by atomic mass is 35.5. The number of carboxylic acid groups (broad SMARTS) is 1. The minimum atomic E-state index is -1.05. The Hall–Kier alpha value is -1.35. The van der Waals surface area contributed by atoms with E-state index < -0.39 is 11.9 Å². The van der Waals surface area contributed by atoms with E-state index in [0.29, 0.717) is 11.4 Å². The molecule has 1 aromatic carbocycles. The highest BCUT2D eigenvalue weighted by Gasteiger charge is 2.23. The lowest BCUT2D eigenvalue weighted by Gasteiger charge is -2.08. The number of benzene rings is 1. The van der Waals surface area contributed by atoms with Gasteiger partial charge in [-0.15, -0.1) is 0 Å². The summed E-state index contributed by atoms with van der Waals surface area (Å²) in [5, 5.41) is 9.42. The van der Waals surface area contributed by atoms with Crippen LogP contribution < -0.4 is 0 Å². The molecule has 0 fully saturated rings. The van der Waals surface area contributed by atoms with Crippen LogP contribution in [0.1, 0.15) is 18.9 Å². The summed E-state index contributed by atoms with van der Waals surface area (Å²) in [7, 11) is 0. The molecule has 0 spiro atoms. The normalized spacial score (nSPS) is 12.1. The standard InChI is InChI=1S/C12H13ClO3/c1-2-10(12(15)16)11(14)7-8-3-5-9(13)6-4-8/h3-6,10H,2,7H2,1H3,(H,15,16). The van der Waals surface area contributed by atoms with Crippen molar-refractivity contribution in [2.45, 2.75) is 19.8 Å². The number of rotatable bonds is 5. The molecule has 0 radical (unpaired) electrons. The summed E-state index contributed by atoms with van der Waals surface area (Å²) >= 11 is 5.71. The molecular formula is C12H13ClO3. The Labute approximate surface area is 99.0 Å². The van der Waals surface area contributed by atoms with Crippen molar-refractivity contribution in [3.8, 4) is 0 Å². The molecule has 3 nitrogen and oxygen atoms in total. The first-order chi connectivity index (χ1) is 7.54. The third kappa shape index (κ3) is 3.35. The van der Waals surface area contributed by atoms with E-state index in [1.165, 1.54) is 0 Å². The first-order valence-corrected chi connectivity index (χ1v) is 5.42. The van der Waals surface area contributed by atoms with Crippen LogP contribution in [0.3, 0.4) is 0 Å². The van der Waals surface area contributed by atoms with E-state index >= 15 is 0 Å². The second kappa shape index (κ2) is 5.66. The highest BCUT2D eigenvalue weighted by molar-refractivity contribution is 6.30. The maximum absolute atomic E-state index is 11.7. The van der Waals surface area contributed by atoms with Gasteiger partial charge in [0.2, 0.25) is 0 Å². The van der Waals surface area contributed by atoms with Crippen LogP contribution in [0, 0.1) is 5.92 Å². The Balaban J connectivity index is 2.70. The molecule has 1 unspecified atom stereocenters. The predicted octanol–water partition coefficient (Wildman–Crippen LogP) is 2.56. The van der Waals surface area contributed by atoms with Gasteiger partial charge in [-0.1, -0.05) is 30.7 Å². The highest BCUT2D eigenvalue weighted by Crippen LogP contribution is 2.13. The van der Waals surface area contributed by atoms with Crippen LogP contribution in [0.5, 0.6) is 0 Å². The largest absolute Gasteiger partial charge is 0.481 e. The molecule has 4 heteroatoms. The van der Waals surface area contributed by atoms with Crippen LogP contribution in [0.15, 0.2) is 24.3 Å². The minimum Gasteiger partial charge on any atom is -0.481 e. The fraction of sp³-hybridized carbons (Fsp3) is 0.333. The number of Topliss-reactive ketones (excluding diaryl/α,β-unsaturated/α-hetero) is 1. The van der Waals surface area contributed by atoms with Gasteiger partial charge in [0, 0.05) is 11.4 Å². The molecule has 1 aromatic rings. The monoisotopic (exact) mass is 240 g/mol. The summed E-state index contributed by atoms with van der Waals surface area (Å²) in [6.07, 6.45) is 0.462. The zero-order chi connectivity index (χ0) is 12.1. The average Bonchev–Trinajstić information content (AvgIpc) is 2.22. The second-order valence-electron chi connectivity index (χ2n) is 3.57. The van der Waals surface area contributed by atoms with E-state index in [1.54, 1.807) is 31.2 Å². The molecule has 0 aliphatic rings. The third-order valence-corrected chi connectivity index (χ3v) is 2.64. The molecule has 0 bridgehead atoms. The minimum absolute atomic E-state index is 0.141. The fourth-order valence-corrected chi connectivity index (χ4v) is 1.59. The van der Waals surface area contributed by atoms with Crippen molar-refractivity contribution >= 4 is 23.4 Å². The summed E-state index contributed by atoms with van der Waals surface area (Å²) < 4.78 is 0. The Morgan fingerprint density at radius 2 is 1.88 bits per heavy atom. The quantitative estimate of drug-likeness (QED) is 0.805. The number of carbonyl (C=O) groups is 2. The van der Waals surface area contributed by atoms with Gasteiger partial charge in [-0.3, -0.25) is 9.59 Å². The molecule has 86 valence electrons. The summed E-state index contributed by atoms with van der Waals surface area (Å²) in [6.45, 7) is 1.69. The Morgan fingerprint density at radius 3 is 2.31 bits per heavy atom. The lowest BCUT2D eigenvalue weighted by atomic mass is 9.96. The van der Waals surface area contributed by atoms with Gasteiger partial charge < -0.3 is 5.11 Å². The second-order valence-corrected chi connectivity index (χ2v) is 4.01. The van der Waals surface area contributed by atoms with Gasteiger partial charge in [-0.2, -0.15) is 0 Å². The van der Waals surface area contributed by atoms with E-state index in [1.807, 2.05) is 0 Å². The zero-order valence-electron chi connectivity index (χ0n) is 8.94. The smallest absolute Gasteiger partial charge is 0.314 e. The van der Waals surface area contributed by atoms with Crippen LogP contribution in [0.4, 0.5) is 0 Å². The van der Waals surface area contributed by atoms with E-state index in [2.05, 4.69) is 0 Å². The molecule has 0 aromatic heterocycles. The SMILES string of the molecule is CCC(C(=O)O)C(=O)Cc1ccc(Cl)cc1. The Bertz CT molecular complexity index is 384. The molecule has 0 aliphatic heterocycles. The molecule has 0 amide bonds. The van der Waals surface area contributed by atoms with E-state index in [0.717, 1.165) is 5.56 Å². The summed E-state index contributed by atoms with van der Waals surface area (Å²) in [5.41, 5.74) is 0.786. The van der Waals surface area contributed by atoms with Crippen LogP contribution in [-0.4, -0.2) is 16.9 Å². The number of halogens is 1. The molecule has 0 saturated heterocycles. The van der Waals surface area contributed by atoms with Crippen molar-refractivity contribution < 1.29 is 14.7 Å². The first-order valence-electron chi connectivity index (χ1n) is 5.04. The molecule has 0 aliphatic carbocycles. The number of aliphatic carboxylic acids is 1. The topological polar surface area (TPSA) is 54.4 Å². The van der Waals surface area contributed by atoms with Gasteiger partial charge in [-0.25, -0.2) is 0 Å². The maximum atomic E-state index is 11.7. The molecule has 16 heavy (non-hydrogen) atoms. The third-order valence-electron chi connectivity index (χ3n) is 2.39. The van der Waals surface area contributed by atoms with Crippen molar-refractivity contribution in [3.63, 3.8) is 0 Å². The van der Waals surface area contributed by atoms with Gasteiger partial charge in [-0.05, 0) is 24.1 Å². The van der Waals surface area contributed by atoms with Crippen LogP contribution in [-0.2, 0) is 16.0 Å². The van der Waals surface area contributed by atoms with Gasteiger partial charge in [0.1, 0.15) is 5.92 Å². The van der Waals surface area contributed by atoms with Crippen LogP contribution in [0.25, 0.3) is 0 Å². The van der Waals surface area contributed by atoms with Crippen molar-refractivity contribution in [2.24, 2.45) is 5.92 Å².